The number of hydrogen-bond donors (Lipinski definition) is 1. The predicted octanol–water partition coefficient (Wildman–Crippen LogP) is 1.12. The zero-order valence-corrected chi connectivity index (χ0v) is 11.6. The van der Waals surface area contributed by atoms with Crippen LogP contribution >= 0.6 is 0 Å². The average molecular weight is 270 g/mol. The van der Waals surface area contributed by atoms with E-state index >= 15 is 0 Å². The maximum absolute atomic E-state index is 12.1. The molecule has 0 aliphatic rings. The van der Waals surface area contributed by atoms with Crippen molar-refractivity contribution < 1.29 is 13.2 Å². The maximum atomic E-state index is 12.1. The molecule has 6 heteroatoms. The van der Waals surface area contributed by atoms with Crippen LogP contribution in [0.15, 0.2) is 23.1 Å². The van der Waals surface area contributed by atoms with Crippen molar-refractivity contribution in [3.63, 3.8) is 0 Å². The van der Waals surface area contributed by atoms with Gasteiger partial charge in [0.25, 0.3) is 5.91 Å². The minimum absolute atomic E-state index is 0.000469. The third-order valence-corrected chi connectivity index (χ3v) is 3.85. The Hall–Kier alpha value is -1.40. The van der Waals surface area contributed by atoms with Gasteiger partial charge in [0, 0.05) is 18.7 Å². The molecule has 1 rings (SSSR count). The summed E-state index contributed by atoms with van der Waals surface area (Å²) < 4.78 is 22.8. The first-order valence-electron chi connectivity index (χ1n) is 5.74. The summed E-state index contributed by atoms with van der Waals surface area (Å²) in [5.74, 6) is -0.190. The van der Waals surface area contributed by atoms with E-state index < -0.39 is 10.0 Å². The number of nitrogens with two attached hydrogens (primary N) is 1. The Morgan fingerprint density at radius 3 is 2.28 bits per heavy atom. The first-order valence-corrected chi connectivity index (χ1v) is 7.28. The fourth-order valence-corrected chi connectivity index (χ4v) is 2.54. The van der Waals surface area contributed by atoms with Crippen LogP contribution in [0.4, 0.5) is 0 Å². The molecule has 0 atom stereocenters. The van der Waals surface area contributed by atoms with Crippen LogP contribution < -0.4 is 5.14 Å². The van der Waals surface area contributed by atoms with Crippen LogP contribution in [0.5, 0.6) is 0 Å². The van der Waals surface area contributed by atoms with Gasteiger partial charge in [0.15, 0.2) is 0 Å². The van der Waals surface area contributed by atoms with E-state index in [1.807, 2.05) is 13.8 Å². The van der Waals surface area contributed by atoms with E-state index in [4.69, 9.17) is 5.14 Å². The van der Waals surface area contributed by atoms with Crippen LogP contribution in [0.1, 0.15) is 29.8 Å². The first-order chi connectivity index (χ1) is 8.31. The summed E-state index contributed by atoms with van der Waals surface area (Å²) in [6.45, 7) is 6.54. The Labute approximate surface area is 108 Å². The molecule has 0 saturated heterocycles. The molecular weight excluding hydrogens is 252 g/mol. The van der Waals surface area contributed by atoms with Gasteiger partial charge in [-0.05, 0) is 38.5 Å². The van der Waals surface area contributed by atoms with Crippen molar-refractivity contribution >= 4 is 15.9 Å². The molecule has 1 aromatic carbocycles. The van der Waals surface area contributed by atoms with Gasteiger partial charge in [-0.2, -0.15) is 0 Å². The minimum atomic E-state index is -3.80. The van der Waals surface area contributed by atoms with E-state index in [1.54, 1.807) is 24.0 Å². The lowest BCUT2D eigenvalue weighted by Gasteiger charge is -2.19. The van der Waals surface area contributed by atoms with E-state index in [0.717, 1.165) is 0 Å². The Balaban J connectivity index is 3.25. The molecule has 100 valence electrons. The quantitative estimate of drug-likeness (QED) is 0.890. The molecule has 0 spiro atoms. The highest BCUT2D eigenvalue weighted by molar-refractivity contribution is 7.89. The number of hydrogen-bond acceptors (Lipinski definition) is 3. The van der Waals surface area contributed by atoms with Crippen LogP contribution in [0.2, 0.25) is 0 Å². The van der Waals surface area contributed by atoms with Crippen LogP contribution in [0.25, 0.3) is 0 Å². The highest BCUT2D eigenvalue weighted by atomic mass is 32.2. The monoisotopic (exact) mass is 270 g/mol. The summed E-state index contributed by atoms with van der Waals surface area (Å²) >= 11 is 0. The lowest BCUT2D eigenvalue weighted by atomic mass is 10.1. The maximum Gasteiger partial charge on any atom is 0.253 e. The zero-order chi connectivity index (χ0) is 13.9. The fraction of sp³-hybridized carbons (Fsp3) is 0.417. The number of carbonyl (C=O) groups is 1. The van der Waals surface area contributed by atoms with Gasteiger partial charge in [0.1, 0.15) is 0 Å². The standard InChI is InChI=1S/C12H18N2O3S/c1-4-14(5-2)12(15)10-7-6-9(3)11(8-10)18(13,16)17/h6-8H,4-5H2,1-3H3,(H2,13,16,17). The lowest BCUT2D eigenvalue weighted by Crippen LogP contribution is -2.30. The molecule has 2 N–H and O–H groups in total. The summed E-state index contributed by atoms with van der Waals surface area (Å²) in [5, 5.41) is 5.12. The van der Waals surface area contributed by atoms with Gasteiger partial charge >= 0.3 is 0 Å². The molecule has 0 heterocycles. The van der Waals surface area contributed by atoms with Crippen LogP contribution in [-0.2, 0) is 10.0 Å². The van der Waals surface area contributed by atoms with E-state index in [1.165, 1.54) is 6.07 Å². The SMILES string of the molecule is CCN(CC)C(=O)c1ccc(C)c(S(N)(=O)=O)c1. The van der Waals surface area contributed by atoms with Crippen LogP contribution in [-0.4, -0.2) is 32.3 Å². The predicted molar refractivity (Wildman–Crippen MR) is 69.8 cm³/mol. The zero-order valence-electron chi connectivity index (χ0n) is 10.8. The highest BCUT2D eigenvalue weighted by Crippen LogP contribution is 2.16. The topological polar surface area (TPSA) is 80.5 Å². The largest absolute Gasteiger partial charge is 0.339 e. The van der Waals surface area contributed by atoms with Gasteiger partial charge in [-0.3, -0.25) is 4.79 Å². The van der Waals surface area contributed by atoms with Crippen molar-refractivity contribution in [3.05, 3.63) is 29.3 Å². The molecule has 0 fully saturated rings. The van der Waals surface area contributed by atoms with Crippen molar-refractivity contribution in [1.29, 1.82) is 0 Å². The summed E-state index contributed by atoms with van der Waals surface area (Å²) in [6.07, 6.45) is 0. The number of carbonyl (C=O) groups excluding carboxylic acids is 1. The van der Waals surface area contributed by atoms with Gasteiger partial charge < -0.3 is 4.90 Å². The molecule has 0 aliphatic carbocycles. The molecule has 0 saturated carbocycles. The van der Waals surface area contributed by atoms with Crippen molar-refractivity contribution in [2.24, 2.45) is 5.14 Å². The summed E-state index contributed by atoms with van der Waals surface area (Å²) in [4.78, 5) is 13.7. The molecular formula is C12H18N2O3S. The molecule has 1 aromatic rings. The number of rotatable bonds is 4. The van der Waals surface area contributed by atoms with Crippen molar-refractivity contribution in [3.8, 4) is 0 Å². The minimum Gasteiger partial charge on any atom is -0.339 e. The number of sulfonamides is 1. The van der Waals surface area contributed by atoms with Gasteiger partial charge in [-0.15, -0.1) is 0 Å². The van der Waals surface area contributed by atoms with E-state index in [0.29, 0.717) is 24.2 Å². The lowest BCUT2D eigenvalue weighted by molar-refractivity contribution is 0.0772. The summed E-state index contributed by atoms with van der Waals surface area (Å²) in [7, 11) is -3.80. The van der Waals surface area contributed by atoms with Gasteiger partial charge in [-0.1, -0.05) is 6.07 Å². The Morgan fingerprint density at radius 2 is 1.83 bits per heavy atom. The molecule has 1 amide bonds. The number of nitrogens with zero attached hydrogens (tertiary/aromatic N) is 1. The molecule has 5 nitrogen and oxygen atoms in total. The Morgan fingerprint density at radius 1 is 1.28 bits per heavy atom. The van der Waals surface area contributed by atoms with Crippen molar-refractivity contribution in [1.82, 2.24) is 4.90 Å². The molecule has 0 radical (unpaired) electrons. The Bertz CT molecular complexity index is 548. The molecule has 0 aromatic heterocycles. The summed E-state index contributed by atoms with van der Waals surface area (Å²) in [5.41, 5.74) is 0.877. The van der Waals surface area contributed by atoms with E-state index in [9.17, 15) is 13.2 Å². The summed E-state index contributed by atoms with van der Waals surface area (Å²) in [6, 6.07) is 4.55. The number of amides is 1. The second-order valence-corrected chi connectivity index (χ2v) is 5.53. The second-order valence-electron chi connectivity index (χ2n) is 4.00. The first kappa shape index (κ1) is 14.7. The number of aryl methyl sites for hydroxylation is 1. The molecule has 0 bridgehead atoms. The Kier molecular flexibility index (Phi) is 4.48. The second kappa shape index (κ2) is 5.49. The molecule has 0 aliphatic heterocycles. The third kappa shape index (κ3) is 3.08. The highest BCUT2D eigenvalue weighted by Gasteiger charge is 2.17. The molecule has 0 unspecified atom stereocenters. The van der Waals surface area contributed by atoms with Crippen molar-refractivity contribution in [2.75, 3.05) is 13.1 Å². The smallest absolute Gasteiger partial charge is 0.253 e. The van der Waals surface area contributed by atoms with Crippen LogP contribution in [0.3, 0.4) is 0 Å². The van der Waals surface area contributed by atoms with Crippen molar-refractivity contribution in [2.45, 2.75) is 25.7 Å². The third-order valence-electron chi connectivity index (χ3n) is 2.79. The van der Waals surface area contributed by atoms with E-state index in [-0.39, 0.29) is 10.8 Å². The average Bonchev–Trinajstić information content (AvgIpc) is 2.29. The van der Waals surface area contributed by atoms with Gasteiger partial charge in [0.2, 0.25) is 10.0 Å². The number of primary sulfonamides is 1. The van der Waals surface area contributed by atoms with Crippen LogP contribution in [0, 0.1) is 6.92 Å². The van der Waals surface area contributed by atoms with Gasteiger partial charge in [-0.25, -0.2) is 13.6 Å². The molecule has 18 heavy (non-hydrogen) atoms. The normalized spacial score (nSPS) is 11.3. The van der Waals surface area contributed by atoms with Gasteiger partial charge in [0.05, 0.1) is 4.90 Å². The van der Waals surface area contributed by atoms with E-state index in [2.05, 4.69) is 0 Å². The number of benzene rings is 1. The fourth-order valence-electron chi connectivity index (χ4n) is 1.73.